The maximum absolute atomic E-state index is 11.7. The first-order valence-corrected chi connectivity index (χ1v) is 5.16. The van der Waals surface area contributed by atoms with E-state index in [4.69, 9.17) is 4.42 Å². The van der Waals surface area contributed by atoms with Gasteiger partial charge in [-0.25, -0.2) is 0 Å². The normalized spacial score (nSPS) is 16.5. The summed E-state index contributed by atoms with van der Waals surface area (Å²) >= 11 is 0. The number of carbonyl (C=O) groups is 3. The van der Waals surface area contributed by atoms with Crippen LogP contribution in [0.2, 0.25) is 0 Å². The van der Waals surface area contributed by atoms with Crippen molar-refractivity contribution in [2.45, 2.75) is 0 Å². The Morgan fingerprint density at radius 3 is 2.76 bits per heavy atom. The summed E-state index contributed by atoms with van der Waals surface area (Å²) in [5.74, 6) is -0.506. The van der Waals surface area contributed by atoms with Crippen molar-refractivity contribution in [3.05, 3.63) is 24.2 Å². The molecule has 1 fully saturated rings. The molecule has 1 aromatic heterocycles. The van der Waals surface area contributed by atoms with Crippen LogP contribution in [0.5, 0.6) is 0 Å². The highest BCUT2D eigenvalue weighted by atomic mass is 16.3. The Kier molecular flexibility index (Phi) is 2.95. The molecule has 17 heavy (non-hydrogen) atoms. The van der Waals surface area contributed by atoms with Gasteiger partial charge in [-0.3, -0.25) is 14.4 Å². The molecule has 0 atom stereocenters. The maximum atomic E-state index is 11.7. The van der Waals surface area contributed by atoms with Crippen LogP contribution in [0.15, 0.2) is 22.8 Å². The molecule has 0 saturated carbocycles. The van der Waals surface area contributed by atoms with Crippen molar-refractivity contribution in [2.24, 2.45) is 0 Å². The van der Waals surface area contributed by atoms with Gasteiger partial charge >= 0.3 is 0 Å². The molecule has 1 saturated heterocycles. The van der Waals surface area contributed by atoms with Gasteiger partial charge < -0.3 is 14.2 Å². The fourth-order valence-corrected chi connectivity index (χ4v) is 1.60. The molecular formula is C11H12N2O4. The lowest BCUT2D eigenvalue weighted by atomic mass is 10.2. The van der Waals surface area contributed by atoms with Crippen molar-refractivity contribution in [1.29, 1.82) is 0 Å². The van der Waals surface area contributed by atoms with Crippen molar-refractivity contribution < 1.29 is 18.8 Å². The van der Waals surface area contributed by atoms with Crippen LogP contribution in [-0.4, -0.2) is 54.1 Å². The molecule has 2 rings (SSSR count). The first-order valence-electron chi connectivity index (χ1n) is 5.16. The van der Waals surface area contributed by atoms with Gasteiger partial charge in [-0.15, -0.1) is 0 Å². The van der Waals surface area contributed by atoms with E-state index in [1.807, 2.05) is 0 Å². The van der Waals surface area contributed by atoms with E-state index >= 15 is 0 Å². The molecule has 0 radical (unpaired) electrons. The van der Waals surface area contributed by atoms with Crippen molar-refractivity contribution in [2.75, 3.05) is 26.7 Å². The zero-order valence-corrected chi connectivity index (χ0v) is 9.38. The summed E-state index contributed by atoms with van der Waals surface area (Å²) < 4.78 is 4.94. The van der Waals surface area contributed by atoms with E-state index < -0.39 is 0 Å². The summed E-state index contributed by atoms with van der Waals surface area (Å²) in [6, 6.07) is 3.13. The predicted molar refractivity (Wildman–Crippen MR) is 57.3 cm³/mol. The van der Waals surface area contributed by atoms with Crippen LogP contribution in [0.3, 0.4) is 0 Å². The lowest BCUT2D eigenvalue weighted by Gasteiger charge is -2.30. The highest BCUT2D eigenvalue weighted by molar-refractivity contribution is 5.99. The van der Waals surface area contributed by atoms with E-state index in [0.29, 0.717) is 0 Å². The fourth-order valence-electron chi connectivity index (χ4n) is 1.60. The van der Waals surface area contributed by atoms with Crippen LogP contribution in [-0.2, 0) is 9.59 Å². The lowest BCUT2D eigenvalue weighted by molar-refractivity contribution is -0.148. The quantitative estimate of drug-likeness (QED) is 0.679. The van der Waals surface area contributed by atoms with Crippen LogP contribution in [0.25, 0.3) is 0 Å². The van der Waals surface area contributed by atoms with E-state index in [2.05, 4.69) is 0 Å². The van der Waals surface area contributed by atoms with Gasteiger partial charge in [0.25, 0.3) is 0 Å². The summed E-state index contributed by atoms with van der Waals surface area (Å²) in [7, 11) is 1.56. The highest BCUT2D eigenvalue weighted by Gasteiger charge is 2.29. The van der Waals surface area contributed by atoms with Crippen LogP contribution in [0, 0.1) is 0 Å². The Labute approximate surface area is 97.8 Å². The largest absolute Gasteiger partial charge is 0.461 e. The Balaban J connectivity index is 2.02. The maximum Gasteiger partial charge on any atom is 0.243 e. The SMILES string of the molecule is CN1CC(=O)N(CC(=O)c2ccco2)CC1=O. The standard InChI is InChI=1S/C11H12N2O4/c1-12-6-11(16)13(7-10(12)15)5-8(14)9-3-2-4-17-9/h2-4H,5-7H2,1H3. The highest BCUT2D eigenvalue weighted by Crippen LogP contribution is 2.07. The smallest absolute Gasteiger partial charge is 0.243 e. The molecular weight excluding hydrogens is 224 g/mol. The minimum Gasteiger partial charge on any atom is -0.461 e. The second-order valence-corrected chi connectivity index (χ2v) is 3.90. The van der Waals surface area contributed by atoms with E-state index in [1.54, 1.807) is 13.1 Å². The van der Waals surface area contributed by atoms with Gasteiger partial charge in [0.1, 0.15) is 6.54 Å². The first kappa shape index (κ1) is 11.4. The van der Waals surface area contributed by atoms with Gasteiger partial charge in [0.05, 0.1) is 19.4 Å². The van der Waals surface area contributed by atoms with Gasteiger partial charge in [-0.05, 0) is 12.1 Å². The number of likely N-dealkylation sites (N-methyl/N-ethyl adjacent to an activating group) is 1. The first-order chi connectivity index (χ1) is 8.08. The topological polar surface area (TPSA) is 70.8 Å². The summed E-state index contributed by atoms with van der Waals surface area (Å²) in [6.07, 6.45) is 1.39. The molecule has 6 nitrogen and oxygen atoms in total. The van der Waals surface area contributed by atoms with Crippen molar-refractivity contribution >= 4 is 17.6 Å². The molecule has 0 unspecified atom stereocenters. The Hall–Kier alpha value is -2.11. The molecule has 1 aliphatic rings. The molecule has 2 amide bonds. The molecule has 1 aromatic rings. The number of hydrogen-bond acceptors (Lipinski definition) is 4. The number of rotatable bonds is 3. The van der Waals surface area contributed by atoms with Gasteiger partial charge in [-0.2, -0.15) is 0 Å². The monoisotopic (exact) mass is 236 g/mol. The molecule has 6 heteroatoms. The zero-order valence-electron chi connectivity index (χ0n) is 9.38. The summed E-state index contributed by atoms with van der Waals surface area (Å²) in [6.45, 7) is -0.155. The van der Waals surface area contributed by atoms with Crippen molar-refractivity contribution in [3.8, 4) is 0 Å². The third-order valence-electron chi connectivity index (χ3n) is 2.61. The van der Waals surface area contributed by atoms with Crippen LogP contribution in [0.1, 0.15) is 10.6 Å². The molecule has 1 aliphatic heterocycles. The Morgan fingerprint density at radius 2 is 2.12 bits per heavy atom. The van der Waals surface area contributed by atoms with E-state index in [0.717, 1.165) is 0 Å². The number of carbonyl (C=O) groups excluding carboxylic acids is 3. The van der Waals surface area contributed by atoms with E-state index in [1.165, 1.54) is 22.1 Å². The van der Waals surface area contributed by atoms with Gasteiger partial charge in [-0.1, -0.05) is 0 Å². The minimum atomic E-state index is -0.305. The Bertz CT molecular complexity index is 452. The van der Waals surface area contributed by atoms with Crippen LogP contribution in [0.4, 0.5) is 0 Å². The zero-order chi connectivity index (χ0) is 12.4. The second-order valence-electron chi connectivity index (χ2n) is 3.90. The third-order valence-corrected chi connectivity index (χ3v) is 2.61. The number of Topliss-reactive ketones (excluding diaryl/α,β-unsaturated/α-hetero) is 1. The molecule has 0 N–H and O–H groups in total. The Morgan fingerprint density at radius 1 is 1.35 bits per heavy atom. The van der Waals surface area contributed by atoms with Crippen molar-refractivity contribution in [1.82, 2.24) is 9.80 Å². The van der Waals surface area contributed by atoms with E-state index in [-0.39, 0.29) is 43.0 Å². The summed E-state index contributed by atoms with van der Waals surface area (Å²) in [5.41, 5.74) is 0. The van der Waals surface area contributed by atoms with Gasteiger partial charge in [0.2, 0.25) is 17.6 Å². The molecule has 90 valence electrons. The molecule has 0 aromatic carbocycles. The van der Waals surface area contributed by atoms with Crippen molar-refractivity contribution in [3.63, 3.8) is 0 Å². The lowest BCUT2D eigenvalue weighted by Crippen LogP contribution is -2.53. The molecule has 2 heterocycles. The molecule has 0 aliphatic carbocycles. The average molecular weight is 236 g/mol. The summed E-state index contributed by atoms with van der Waals surface area (Å²) in [4.78, 5) is 37.3. The number of nitrogens with zero attached hydrogens (tertiary/aromatic N) is 2. The van der Waals surface area contributed by atoms with Gasteiger partial charge in [0, 0.05) is 7.05 Å². The molecule has 0 bridgehead atoms. The number of furan rings is 1. The van der Waals surface area contributed by atoms with Gasteiger partial charge in [0.15, 0.2) is 5.76 Å². The fraction of sp³-hybridized carbons (Fsp3) is 0.364. The second kappa shape index (κ2) is 4.40. The number of piperazine rings is 1. The summed E-state index contributed by atoms with van der Waals surface area (Å²) in [5, 5.41) is 0. The molecule has 0 spiro atoms. The van der Waals surface area contributed by atoms with E-state index in [9.17, 15) is 14.4 Å². The number of amides is 2. The minimum absolute atomic E-state index is 0.0181. The predicted octanol–water partition coefficient (Wildman–Crippen LogP) is -0.237. The number of hydrogen-bond donors (Lipinski definition) is 0. The van der Waals surface area contributed by atoms with Crippen LogP contribution < -0.4 is 0 Å². The number of ketones is 1. The third kappa shape index (κ3) is 2.35. The van der Waals surface area contributed by atoms with Crippen LogP contribution >= 0.6 is 0 Å². The average Bonchev–Trinajstić information content (AvgIpc) is 2.79.